The fourth-order valence-corrected chi connectivity index (χ4v) is 3.11. The average molecular weight is 409 g/mol. The van der Waals surface area contributed by atoms with Crippen molar-refractivity contribution in [3.8, 4) is 0 Å². The third-order valence-electron chi connectivity index (χ3n) is 4.39. The fourth-order valence-electron chi connectivity index (χ4n) is 2.91. The maximum Gasteiger partial charge on any atom is 0.416 e. The van der Waals surface area contributed by atoms with E-state index in [9.17, 15) is 22.8 Å². The van der Waals surface area contributed by atoms with Gasteiger partial charge in [0.05, 0.1) is 11.1 Å². The lowest BCUT2D eigenvalue weighted by molar-refractivity contribution is -0.137. The number of carbonyl (C=O) groups excluding carboxylic acids is 1. The molecule has 1 aromatic heterocycles. The summed E-state index contributed by atoms with van der Waals surface area (Å²) >= 11 is 6.05. The number of carbonyl (C=O) groups is 1. The van der Waals surface area contributed by atoms with Gasteiger partial charge in [-0.3, -0.25) is 9.59 Å². The number of nitrogens with zero attached hydrogens (tertiary/aromatic N) is 1. The van der Waals surface area contributed by atoms with Crippen LogP contribution in [-0.2, 0) is 19.3 Å². The highest BCUT2D eigenvalue weighted by Crippen LogP contribution is 2.30. The molecule has 0 spiro atoms. The van der Waals surface area contributed by atoms with Gasteiger partial charge in [-0.15, -0.1) is 0 Å². The van der Waals surface area contributed by atoms with Crippen LogP contribution in [0.2, 0.25) is 5.02 Å². The topological polar surface area (TPSA) is 51.1 Å². The molecule has 0 aliphatic carbocycles. The Morgan fingerprint density at radius 1 is 1.18 bits per heavy atom. The van der Waals surface area contributed by atoms with Crippen LogP contribution >= 0.6 is 11.6 Å². The molecule has 3 rings (SSSR count). The van der Waals surface area contributed by atoms with Crippen molar-refractivity contribution in [1.82, 2.24) is 9.88 Å². The van der Waals surface area contributed by atoms with Crippen LogP contribution in [0.4, 0.5) is 13.2 Å². The average Bonchev–Trinajstić information content (AvgIpc) is 2.66. The van der Waals surface area contributed by atoms with E-state index < -0.39 is 23.1 Å². The molecule has 1 heterocycles. The van der Waals surface area contributed by atoms with E-state index in [1.54, 1.807) is 35.8 Å². The van der Waals surface area contributed by atoms with Gasteiger partial charge in [-0.2, -0.15) is 13.2 Å². The van der Waals surface area contributed by atoms with Crippen LogP contribution < -0.4 is 10.7 Å². The lowest BCUT2D eigenvalue weighted by Gasteiger charge is -2.14. The van der Waals surface area contributed by atoms with E-state index in [0.29, 0.717) is 22.6 Å². The number of benzene rings is 2. The minimum Gasteiger partial charge on any atom is -0.348 e. The Morgan fingerprint density at radius 3 is 2.54 bits per heavy atom. The molecule has 0 aliphatic rings. The molecule has 8 heteroatoms. The number of rotatable bonds is 4. The Bertz CT molecular complexity index is 1110. The first-order valence-corrected chi connectivity index (χ1v) is 8.86. The molecule has 146 valence electrons. The molecule has 0 radical (unpaired) electrons. The van der Waals surface area contributed by atoms with E-state index in [4.69, 9.17) is 11.6 Å². The number of pyridine rings is 1. The summed E-state index contributed by atoms with van der Waals surface area (Å²) in [5.74, 6) is -0.675. The number of aromatic nitrogens is 1. The molecule has 2 aromatic carbocycles. The number of hydrogen-bond acceptors (Lipinski definition) is 2. The van der Waals surface area contributed by atoms with Crippen molar-refractivity contribution < 1.29 is 18.0 Å². The SMILES string of the molecule is CCn1cc(C(=O)NCc2ccccc2Cl)c(=O)c2cc(C(F)(F)F)ccc21. The fraction of sp³-hybridized carbons (Fsp3) is 0.200. The zero-order valence-electron chi connectivity index (χ0n) is 14.8. The van der Waals surface area contributed by atoms with Crippen LogP contribution in [0.3, 0.4) is 0 Å². The Balaban J connectivity index is 2.02. The zero-order valence-corrected chi connectivity index (χ0v) is 15.6. The predicted molar refractivity (Wildman–Crippen MR) is 102 cm³/mol. The third kappa shape index (κ3) is 3.89. The normalized spacial score (nSPS) is 11.6. The summed E-state index contributed by atoms with van der Waals surface area (Å²) in [5, 5.41) is 2.91. The molecule has 0 fully saturated rings. The van der Waals surface area contributed by atoms with Gasteiger partial charge >= 0.3 is 6.18 Å². The molecule has 1 N–H and O–H groups in total. The van der Waals surface area contributed by atoms with Crippen LogP contribution in [0, 0.1) is 0 Å². The summed E-state index contributed by atoms with van der Waals surface area (Å²) in [4.78, 5) is 25.3. The van der Waals surface area contributed by atoms with Crippen LogP contribution in [0.15, 0.2) is 53.5 Å². The number of hydrogen-bond donors (Lipinski definition) is 1. The van der Waals surface area contributed by atoms with Gasteiger partial charge in [-0.25, -0.2) is 0 Å². The number of alkyl halides is 3. The Kier molecular flexibility index (Phi) is 5.47. The summed E-state index contributed by atoms with van der Waals surface area (Å²) < 4.78 is 40.7. The van der Waals surface area contributed by atoms with Gasteiger partial charge in [-0.05, 0) is 36.8 Å². The van der Waals surface area contributed by atoms with E-state index in [1.165, 1.54) is 12.3 Å². The first-order chi connectivity index (χ1) is 13.2. The highest BCUT2D eigenvalue weighted by atomic mass is 35.5. The van der Waals surface area contributed by atoms with Crippen molar-refractivity contribution in [3.05, 3.63) is 80.6 Å². The quantitative estimate of drug-likeness (QED) is 0.684. The van der Waals surface area contributed by atoms with Gasteiger partial charge in [0.2, 0.25) is 5.43 Å². The third-order valence-corrected chi connectivity index (χ3v) is 4.76. The standard InChI is InChI=1S/C20H16ClF3N2O2/c1-2-26-11-15(19(28)25-10-12-5-3-4-6-16(12)21)18(27)14-9-13(20(22,23)24)7-8-17(14)26/h3-9,11H,2,10H2,1H3,(H,25,28). The summed E-state index contributed by atoms with van der Waals surface area (Å²) in [6.45, 7) is 2.24. The molecule has 0 aliphatic heterocycles. The van der Waals surface area contributed by atoms with E-state index in [0.717, 1.165) is 12.1 Å². The molecule has 28 heavy (non-hydrogen) atoms. The second-order valence-corrected chi connectivity index (χ2v) is 6.57. The van der Waals surface area contributed by atoms with Crippen LogP contribution in [0.5, 0.6) is 0 Å². The Hall–Kier alpha value is -2.80. The van der Waals surface area contributed by atoms with E-state index in [-0.39, 0.29) is 17.5 Å². The first kappa shape index (κ1) is 19.9. The zero-order chi connectivity index (χ0) is 20.5. The van der Waals surface area contributed by atoms with Crippen molar-refractivity contribution in [2.75, 3.05) is 0 Å². The second-order valence-electron chi connectivity index (χ2n) is 6.16. The summed E-state index contributed by atoms with van der Waals surface area (Å²) in [5.41, 5.74) is -0.909. The number of nitrogens with one attached hydrogen (secondary N) is 1. The molecular formula is C20H16ClF3N2O2. The van der Waals surface area contributed by atoms with Gasteiger partial charge in [0.15, 0.2) is 0 Å². The van der Waals surface area contributed by atoms with Crippen molar-refractivity contribution in [2.24, 2.45) is 0 Å². The van der Waals surface area contributed by atoms with Gasteiger partial charge in [0.1, 0.15) is 5.56 Å². The molecule has 0 unspecified atom stereocenters. The van der Waals surface area contributed by atoms with Gasteiger partial charge < -0.3 is 9.88 Å². The number of aryl methyl sites for hydroxylation is 1. The summed E-state index contributed by atoms with van der Waals surface area (Å²) in [6, 6.07) is 9.85. The lowest BCUT2D eigenvalue weighted by Crippen LogP contribution is -2.29. The monoisotopic (exact) mass is 408 g/mol. The Labute approximate surface area is 163 Å². The smallest absolute Gasteiger partial charge is 0.348 e. The second kappa shape index (κ2) is 7.67. The number of fused-ring (bicyclic) bond motifs is 1. The van der Waals surface area contributed by atoms with Crippen LogP contribution in [0.25, 0.3) is 10.9 Å². The number of amides is 1. The molecule has 3 aromatic rings. The molecule has 1 amide bonds. The van der Waals surface area contributed by atoms with Crippen molar-refractivity contribution in [1.29, 1.82) is 0 Å². The van der Waals surface area contributed by atoms with Crippen molar-refractivity contribution >= 4 is 28.4 Å². The molecule has 0 saturated carbocycles. The van der Waals surface area contributed by atoms with Gasteiger partial charge in [-0.1, -0.05) is 29.8 Å². The molecule has 4 nitrogen and oxygen atoms in total. The van der Waals surface area contributed by atoms with Crippen LogP contribution in [-0.4, -0.2) is 10.5 Å². The lowest BCUT2D eigenvalue weighted by atomic mass is 10.1. The van der Waals surface area contributed by atoms with Gasteiger partial charge in [0, 0.05) is 29.7 Å². The van der Waals surface area contributed by atoms with E-state index in [1.807, 2.05) is 0 Å². The molecule has 0 bridgehead atoms. The maximum atomic E-state index is 13.0. The Morgan fingerprint density at radius 2 is 1.89 bits per heavy atom. The van der Waals surface area contributed by atoms with E-state index in [2.05, 4.69) is 5.32 Å². The largest absolute Gasteiger partial charge is 0.416 e. The summed E-state index contributed by atoms with van der Waals surface area (Å²) in [6.07, 6.45) is -3.22. The van der Waals surface area contributed by atoms with Gasteiger partial charge in [0.25, 0.3) is 5.91 Å². The van der Waals surface area contributed by atoms with Crippen molar-refractivity contribution in [3.63, 3.8) is 0 Å². The minimum atomic E-state index is -4.58. The molecular weight excluding hydrogens is 393 g/mol. The first-order valence-electron chi connectivity index (χ1n) is 8.48. The summed E-state index contributed by atoms with van der Waals surface area (Å²) in [7, 11) is 0. The predicted octanol–water partition coefficient (Wildman–Crippen LogP) is 4.62. The van der Waals surface area contributed by atoms with E-state index >= 15 is 0 Å². The number of halogens is 4. The van der Waals surface area contributed by atoms with Crippen LogP contribution in [0.1, 0.15) is 28.4 Å². The van der Waals surface area contributed by atoms with Crippen molar-refractivity contribution in [2.45, 2.75) is 26.2 Å². The molecule has 0 saturated heterocycles. The maximum absolute atomic E-state index is 13.0. The molecule has 0 atom stereocenters. The highest BCUT2D eigenvalue weighted by Gasteiger charge is 2.31. The minimum absolute atomic E-state index is 0.0880. The highest BCUT2D eigenvalue weighted by molar-refractivity contribution is 6.31.